The van der Waals surface area contributed by atoms with Crippen LogP contribution in [-0.2, 0) is 7.05 Å². The Hall–Kier alpha value is -4.52. The maximum atomic E-state index is 12.9. The number of carbonyl (C=O) groups is 2. The monoisotopic (exact) mass is 468 g/mol. The third kappa shape index (κ3) is 3.91. The Bertz CT molecular complexity index is 1530. The highest BCUT2D eigenvalue weighted by atomic mass is 16.5. The molecule has 0 bridgehead atoms. The van der Waals surface area contributed by atoms with E-state index in [9.17, 15) is 19.8 Å². The summed E-state index contributed by atoms with van der Waals surface area (Å²) in [5.74, 6) is -0.909. The van der Waals surface area contributed by atoms with Crippen LogP contribution in [0.5, 0.6) is 17.2 Å². The molecule has 3 N–H and O–H groups in total. The molecule has 7 heteroatoms. The van der Waals surface area contributed by atoms with E-state index in [1.54, 1.807) is 18.2 Å². The van der Waals surface area contributed by atoms with Gasteiger partial charge in [0.25, 0.3) is 5.91 Å². The van der Waals surface area contributed by atoms with Crippen LogP contribution in [0.25, 0.3) is 28.1 Å². The van der Waals surface area contributed by atoms with Gasteiger partial charge >= 0.3 is 0 Å². The van der Waals surface area contributed by atoms with Gasteiger partial charge in [-0.25, -0.2) is 0 Å². The van der Waals surface area contributed by atoms with Crippen molar-refractivity contribution in [2.24, 2.45) is 7.05 Å². The number of amides is 1. The maximum Gasteiger partial charge on any atom is 0.251 e. The molecule has 0 radical (unpaired) electrons. The van der Waals surface area contributed by atoms with E-state index in [1.807, 2.05) is 62.0 Å². The zero-order valence-corrected chi connectivity index (χ0v) is 19.5. The first-order valence-corrected chi connectivity index (χ1v) is 11.2. The van der Waals surface area contributed by atoms with Crippen LogP contribution in [0.4, 0.5) is 0 Å². The van der Waals surface area contributed by atoms with Crippen molar-refractivity contribution in [3.63, 3.8) is 0 Å². The fourth-order valence-corrected chi connectivity index (χ4v) is 4.40. The molecule has 0 unspecified atom stereocenters. The first-order chi connectivity index (χ1) is 16.7. The van der Waals surface area contributed by atoms with Crippen LogP contribution in [0.15, 0.2) is 66.6 Å². The van der Waals surface area contributed by atoms with Crippen LogP contribution >= 0.6 is 0 Å². The molecule has 0 fully saturated rings. The van der Waals surface area contributed by atoms with E-state index < -0.39 is 5.78 Å². The Morgan fingerprint density at radius 3 is 2.54 bits per heavy atom. The molecule has 7 nitrogen and oxygen atoms in total. The number of nitrogens with one attached hydrogen (secondary N) is 1. The number of phenols is 2. The predicted molar refractivity (Wildman–Crippen MR) is 134 cm³/mol. The third-order valence-corrected chi connectivity index (χ3v) is 5.95. The molecule has 1 amide bonds. The topological polar surface area (TPSA) is 101 Å². The molecule has 5 rings (SSSR count). The Balaban J connectivity index is 1.58. The van der Waals surface area contributed by atoms with Gasteiger partial charge in [-0.15, -0.1) is 0 Å². The van der Waals surface area contributed by atoms with Crippen molar-refractivity contribution in [3.05, 3.63) is 83.2 Å². The highest BCUT2D eigenvalue weighted by Gasteiger charge is 2.31. The molecule has 0 saturated carbocycles. The van der Waals surface area contributed by atoms with Crippen molar-refractivity contribution in [2.75, 3.05) is 0 Å². The summed E-state index contributed by atoms with van der Waals surface area (Å²) >= 11 is 0. The van der Waals surface area contributed by atoms with Gasteiger partial charge in [0.05, 0.1) is 0 Å². The van der Waals surface area contributed by atoms with Gasteiger partial charge in [0.2, 0.25) is 5.78 Å². The molecule has 0 spiro atoms. The molecule has 0 aliphatic carbocycles. The summed E-state index contributed by atoms with van der Waals surface area (Å²) in [6.45, 7) is 3.83. The summed E-state index contributed by atoms with van der Waals surface area (Å²) in [5.41, 5.74) is 4.20. The van der Waals surface area contributed by atoms with Crippen LogP contribution in [0, 0.1) is 0 Å². The number of aromatic nitrogens is 1. The number of phenolic OH excluding ortho intramolecular Hbond substituents is 2. The summed E-state index contributed by atoms with van der Waals surface area (Å²) in [5, 5.41) is 23.7. The number of hydrogen-bond acceptors (Lipinski definition) is 5. The van der Waals surface area contributed by atoms with Gasteiger partial charge in [0.1, 0.15) is 22.8 Å². The lowest BCUT2D eigenvalue weighted by Gasteiger charge is -2.10. The molecule has 3 aromatic carbocycles. The van der Waals surface area contributed by atoms with Crippen molar-refractivity contribution < 1.29 is 24.5 Å². The Morgan fingerprint density at radius 1 is 1.09 bits per heavy atom. The summed E-state index contributed by atoms with van der Waals surface area (Å²) in [6, 6.07) is 15.8. The largest absolute Gasteiger partial charge is 0.508 e. The number of ketones is 1. The van der Waals surface area contributed by atoms with Crippen molar-refractivity contribution >= 4 is 28.7 Å². The maximum absolute atomic E-state index is 12.9. The summed E-state index contributed by atoms with van der Waals surface area (Å²) < 4.78 is 7.66. The van der Waals surface area contributed by atoms with Gasteiger partial charge in [-0.2, -0.15) is 0 Å². The minimum Gasteiger partial charge on any atom is -0.508 e. The number of fused-ring (bicyclic) bond motifs is 2. The molecular weight excluding hydrogens is 444 g/mol. The second-order valence-corrected chi connectivity index (χ2v) is 8.88. The zero-order valence-electron chi connectivity index (χ0n) is 19.5. The quantitative estimate of drug-likeness (QED) is 0.366. The van der Waals surface area contributed by atoms with Gasteiger partial charge in [-0.1, -0.05) is 24.3 Å². The smallest absolute Gasteiger partial charge is 0.251 e. The first kappa shape index (κ1) is 22.3. The number of hydrogen-bond donors (Lipinski definition) is 3. The second-order valence-electron chi connectivity index (χ2n) is 8.88. The Labute approximate surface area is 201 Å². The minimum absolute atomic E-state index is 0.0322. The van der Waals surface area contributed by atoms with E-state index >= 15 is 0 Å². The van der Waals surface area contributed by atoms with E-state index in [0.717, 1.165) is 33.7 Å². The van der Waals surface area contributed by atoms with Gasteiger partial charge in [0.15, 0.2) is 5.76 Å². The lowest BCUT2D eigenvalue weighted by Crippen LogP contribution is -2.29. The average molecular weight is 469 g/mol. The van der Waals surface area contributed by atoms with Gasteiger partial charge < -0.3 is 24.8 Å². The molecule has 1 aromatic heterocycles. The highest BCUT2D eigenvalue weighted by Crippen LogP contribution is 2.41. The van der Waals surface area contributed by atoms with Crippen LogP contribution in [0.3, 0.4) is 0 Å². The lowest BCUT2D eigenvalue weighted by molar-refractivity contribution is 0.0942. The number of rotatable bonds is 4. The second kappa shape index (κ2) is 8.36. The zero-order chi connectivity index (χ0) is 24.9. The Kier molecular flexibility index (Phi) is 5.32. The summed E-state index contributed by atoms with van der Waals surface area (Å²) in [4.78, 5) is 25.3. The van der Waals surface area contributed by atoms with Crippen molar-refractivity contribution in [1.82, 2.24) is 9.88 Å². The van der Waals surface area contributed by atoms with Gasteiger partial charge in [-0.3, -0.25) is 9.59 Å². The fourth-order valence-electron chi connectivity index (χ4n) is 4.40. The number of allylic oxidation sites excluding steroid dienone is 1. The number of nitrogens with zero attached hydrogens (tertiary/aromatic N) is 1. The van der Waals surface area contributed by atoms with Crippen molar-refractivity contribution in [2.45, 2.75) is 19.9 Å². The van der Waals surface area contributed by atoms with Gasteiger partial charge in [-0.05, 0) is 49.2 Å². The highest BCUT2D eigenvalue weighted by molar-refractivity contribution is 6.17. The molecular formula is C28H24N2O5. The average Bonchev–Trinajstić information content (AvgIpc) is 3.29. The SMILES string of the molecule is CC(C)NC(=O)c1ccc(-c2cccc3c2c(/C=C2\Oc4cc(O)cc(O)c4C2=O)cn3C)cc1. The van der Waals surface area contributed by atoms with E-state index in [4.69, 9.17) is 4.74 Å². The van der Waals surface area contributed by atoms with Crippen LogP contribution in [0.2, 0.25) is 0 Å². The van der Waals surface area contributed by atoms with Crippen molar-refractivity contribution in [3.8, 4) is 28.4 Å². The number of carbonyl (C=O) groups excluding carboxylic acids is 2. The molecule has 2 heterocycles. The van der Waals surface area contributed by atoms with E-state index in [-0.39, 0.29) is 40.5 Å². The molecule has 176 valence electrons. The van der Waals surface area contributed by atoms with E-state index in [2.05, 4.69) is 5.32 Å². The van der Waals surface area contributed by atoms with Crippen LogP contribution in [-0.4, -0.2) is 32.5 Å². The first-order valence-electron chi connectivity index (χ1n) is 11.2. The van der Waals surface area contributed by atoms with Crippen molar-refractivity contribution in [1.29, 1.82) is 0 Å². The number of ether oxygens (including phenoxy) is 1. The van der Waals surface area contributed by atoms with Gasteiger partial charge in [0, 0.05) is 53.4 Å². The third-order valence-electron chi connectivity index (χ3n) is 5.95. The molecule has 1 aliphatic heterocycles. The minimum atomic E-state index is -0.451. The standard InChI is InChI=1S/C28H24N2O5/c1-15(2)29-28(34)17-9-7-16(8-10-17)20-5-4-6-21-25(20)18(14-30(21)3)11-24-27(33)26-22(32)12-19(31)13-23(26)35-24/h4-15,31-32H,1-3H3,(H,29,34)/b24-11-. The van der Waals surface area contributed by atoms with E-state index in [1.165, 1.54) is 6.07 Å². The number of benzene rings is 3. The number of aromatic hydroxyl groups is 2. The number of aryl methyl sites for hydroxylation is 1. The molecule has 1 aliphatic rings. The molecule has 0 atom stereocenters. The summed E-state index contributed by atoms with van der Waals surface area (Å²) in [7, 11) is 1.92. The molecule has 35 heavy (non-hydrogen) atoms. The molecule has 0 saturated heterocycles. The normalized spacial score (nSPS) is 13.9. The van der Waals surface area contributed by atoms with E-state index in [0.29, 0.717) is 5.56 Å². The number of Topliss-reactive ketones (excluding diaryl/α,β-unsaturated/α-hetero) is 1. The lowest BCUT2D eigenvalue weighted by atomic mass is 9.97. The summed E-state index contributed by atoms with van der Waals surface area (Å²) in [6.07, 6.45) is 3.55. The molecule has 4 aromatic rings. The predicted octanol–water partition coefficient (Wildman–Crippen LogP) is 5.01. The van der Waals surface area contributed by atoms with Crippen LogP contribution in [0.1, 0.15) is 40.1 Å². The Morgan fingerprint density at radius 2 is 1.83 bits per heavy atom. The van der Waals surface area contributed by atoms with Crippen LogP contribution < -0.4 is 10.1 Å². The fraction of sp³-hybridized carbons (Fsp3) is 0.143.